The van der Waals surface area contributed by atoms with Crippen molar-refractivity contribution in [2.75, 3.05) is 19.6 Å². The van der Waals surface area contributed by atoms with Crippen molar-refractivity contribution in [1.29, 1.82) is 0 Å². The van der Waals surface area contributed by atoms with E-state index >= 15 is 0 Å². The molecule has 2 aromatic carbocycles. The van der Waals surface area contributed by atoms with Gasteiger partial charge in [-0.15, -0.1) is 0 Å². The molecular weight excluding hydrogens is 406 g/mol. The molecular formula is C30H39NO2. The standard InChI is InChI=1S/C30H39NO2/c1-6-31-20-19-30(33,18-17-25-9-14-27(15-10-25)23(4)5)28(21-31)29(32)16-11-24-7-12-26(13-8-24)22(2)3/h7-18,22-23,28,33H,6,19-21H2,1-5H3/b16-11-,18-17-/t28-,30+/m0/s1. The summed E-state index contributed by atoms with van der Waals surface area (Å²) in [6.07, 6.45) is 7.86. The van der Waals surface area contributed by atoms with Gasteiger partial charge in [-0.1, -0.05) is 101 Å². The summed E-state index contributed by atoms with van der Waals surface area (Å²) in [4.78, 5) is 15.5. The molecule has 33 heavy (non-hydrogen) atoms. The highest BCUT2D eigenvalue weighted by Crippen LogP contribution is 2.32. The van der Waals surface area contributed by atoms with Gasteiger partial charge in [-0.2, -0.15) is 0 Å². The summed E-state index contributed by atoms with van der Waals surface area (Å²) in [5.41, 5.74) is 3.47. The highest BCUT2D eigenvalue weighted by Gasteiger charge is 2.42. The van der Waals surface area contributed by atoms with Crippen LogP contribution < -0.4 is 0 Å². The van der Waals surface area contributed by atoms with E-state index in [2.05, 4.69) is 75.9 Å². The molecule has 176 valence electrons. The highest BCUT2D eigenvalue weighted by atomic mass is 16.3. The van der Waals surface area contributed by atoms with Crippen molar-refractivity contribution in [3.63, 3.8) is 0 Å². The lowest BCUT2D eigenvalue weighted by Gasteiger charge is -2.41. The molecule has 0 aromatic heterocycles. The number of benzene rings is 2. The number of aliphatic hydroxyl groups is 1. The van der Waals surface area contributed by atoms with Crippen molar-refractivity contribution >= 4 is 17.9 Å². The molecule has 0 unspecified atom stereocenters. The van der Waals surface area contributed by atoms with Crippen LogP contribution in [0.5, 0.6) is 0 Å². The smallest absolute Gasteiger partial charge is 0.163 e. The third-order valence-electron chi connectivity index (χ3n) is 6.87. The number of hydrogen-bond donors (Lipinski definition) is 1. The molecule has 0 saturated carbocycles. The van der Waals surface area contributed by atoms with Crippen LogP contribution in [-0.2, 0) is 4.79 Å². The first-order valence-corrected chi connectivity index (χ1v) is 12.3. The molecule has 1 aliphatic heterocycles. The van der Waals surface area contributed by atoms with Gasteiger partial charge in [0.1, 0.15) is 0 Å². The lowest BCUT2D eigenvalue weighted by Crippen LogP contribution is -2.53. The van der Waals surface area contributed by atoms with Crippen molar-refractivity contribution in [2.45, 2.75) is 58.5 Å². The van der Waals surface area contributed by atoms with E-state index in [4.69, 9.17) is 0 Å². The largest absolute Gasteiger partial charge is 0.385 e. The maximum Gasteiger partial charge on any atom is 0.163 e. The van der Waals surface area contributed by atoms with Crippen molar-refractivity contribution in [3.05, 3.63) is 82.9 Å². The fourth-order valence-electron chi connectivity index (χ4n) is 4.36. The van der Waals surface area contributed by atoms with E-state index in [1.54, 1.807) is 6.08 Å². The van der Waals surface area contributed by atoms with Crippen LogP contribution in [-0.4, -0.2) is 41.0 Å². The van der Waals surface area contributed by atoms with Crippen molar-refractivity contribution in [1.82, 2.24) is 4.90 Å². The third-order valence-corrected chi connectivity index (χ3v) is 6.87. The Bertz CT molecular complexity index is 969. The summed E-state index contributed by atoms with van der Waals surface area (Å²) >= 11 is 0. The maximum atomic E-state index is 13.2. The Hall–Kier alpha value is -2.49. The molecule has 0 radical (unpaired) electrons. The van der Waals surface area contributed by atoms with Crippen LogP contribution >= 0.6 is 0 Å². The maximum absolute atomic E-state index is 13.2. The average molecular weight is 446 g/mol. The summed E-state index contributed by atoms with van der Waals surface area (Å²) in [7, 11) is 0. The van der Waals surface area contributed by atoms with E-state index in [0.29, 0.717) is 24.8 Å². The number of allylic oxidation sites excluding steroid dienone is 1. The Morgan fingerprint density at radius 3 is 1.97 bits per heavy atom. The Morgan fingerprint density at radius 2 is 1.48 bits per heavy atom. The molecule has 1 fully saturated rings. The summed E-state index contributed by atoms with van der Waals surface area (Å²) in [5.74, 6) is 0.461. The average Bonchev–Trinajstić information content (AvgIpc) is 2.82. The number of carbonyl (C=O) groups is 1. The van der Waals surface area contributed by atoms with E-state index in [-0.39, 0.29) is 5.78 Å². The quantitative estimate of drug-likeness (QED) is 0.485. The van der Waals surface area contributed by atoms with Crippen molar-refractivity contribution in [3.8, 4) is 0 Å². The zero-order valence-corrected chi connectivity index (χ0v) is 20.8. The van der Waals surface area contributed by atoms with Gasteiger partial charge < -0.3 is 10.0 Å². The second-order valence-corrected chi connectivity index (χ2v) is 9.90. The molecule has 1 aliphatic rings. The second kappa shape index (κ2) is 11.1. The third kappa shape index (κ3) is 6.52. The normalized spacial score (nSPS) is 22.1. The minimum atomic E-state index is -1.15. The van der Waals surface area contributed by atoms with Gasteiger partial charge in [0.2, 0.25) is 0 Å². The fraction of sp³-hybridized carbons (Fsp3) is 0.433. The molecule has 0 aliphatic carbocycles. The van der Waals surface area contributed by atoms with Crippen LogP contribution in [0, 0.1) is 5.92 Å². The molecule has 3 nitrogen and oxygen atoms in total. The molecule has 2 atom stereocenters. The molecule has 0 spiro atoms. The number of hydrogen-bond acceptors (Lipinski definition) is 3. The summed E-state index contributed by atoms with van der Waals surface area (Å²) in [6, 6.07) is 16.7. The summed E-state index contributed by atoms with van der Waals surface area (Å²) in [5, 5.41) is 11.5. The van der Waals surface area contributed by atoms with Gasteiger partial charge in [0.25, 0.3) is 0 Å². The van der Waals surface area contributed by atoms with Crippen LogP contribution in [0.2, 0.25) is 0 Å². The Kier molecular flexibility index (Phi) is 8.45. The van der Waals surface area contributed by atoms with E-state index in [0.717, 1.165) is 24.2 Å². The topological polar surface area (TPSA) is 40.5 Å². The number of nitrogens with zero attached hydrogens (tertiary/aromatic N) is 1. The van der Waals surface area contributed by atoms with Crippen LogP contribution in [0.15, 0.2) is 60.7 Å². The van der Waals surface area contributed by atoms with Gasteiger partial charge in [-0.3, -0.25) is 4.79 Å². The van der Waals surface area contributed by atoms with Crippen LogP contribution in [0.25, 0.3) is 12.2 Å². The SMILES string of the molecule is CCN1CC[C@](O)(/C=C\c2ccc(C(C)C)cc2)[C@H](C(=O)/C=C\c2ccc(C(C)C)cc2)C1. The number of rotatable bonds is 8. The van der Waals surface area contributed by atoms with E-state index in [9.17, 15) is 9.90 Å². The van der Waals surface area contributed by atoms with Gasteiger partial charge in [-0.05, 0) is 53.1 Å². The van der Waals surface area contributed by atoms with Crippen LogP contribution in [0.3, 0.4) is 0 Å². The lowest BCUT2D eigenvalue weighted by molar-refractivity contribution is -0.129. The highest BCUT2D eigenvalue weighted by molar-refractivity contribution is 5.96. The Balaban J connectivity index is 1.78. The van der Waals surface area contributed by atoms with Crippen molar-refractivity contribution in [2.24, 2.45) is 5.92 Å². The molecule has 0 bridgehead atoms. The number of ketones is 1. The monoisotopic (exact) mass is 445 g/mol. The molecule has 3 heteroatoms. The first-order valence-electron chi connectivity index (χ1n) is 12.3. The van der Waals surface area contributed by atoms with Crippen LogP contribution in [0.4, 0.5) is 0 Å². The molecule has 0 amide bonds. The second-order valence-electron chi connectivity index (χ2n) is 9.90. The summed E-state index contributed by atoms with van der Waals surface area (Å²) < 4.78 is 0. The first-order chi connectivity index (χ1) is 15.7. The molecule has 1 N–H and O–H groups in total. The van der Waals surface area contributed by atoms with Gasteiger partial charge in [0, 0.05) is 13.1 Å². The van der Waals surface area contributed by atoms with Gasteiger partial charge in [0.05, 0.1) is 11.5 Å². The Morgan fingerprint density at radius 1 is 0.970 bits per heavy atom. The minimum absolute atomic E-state index is 0.0246. The fourth-order valence-corrected chi connectivity index (χ4v) is 4.36. The van der Waals surface area contributed by atoms with Crippen molar-refractivity contribution < 1.29 is 9.90 Å². The van der Waals surface area contributed by atoms with Gasteiger partial charge in [0.15, 0.2) is 5.78 Å². The lowest BCUT2D eigenvalue weighted by atomic mass is 9.77. The van der Waals surface area contributed by atoms with E-state index < -0.39 is 11.5 Å². The number of carbonyl (C=O) groups excluding carboxylic acids is 1. The molecule has 1 heterocycles. The predicted molar refractivity (Wildman–Crippen MR) is 139 cm³/mol. The van der Waals surface area contributed by atoms with E-state index in [1.807, 2.05) is 30.4 Å². The van der Waals surface area contributed by atoms with Crippen LogP contribution in [0.1, 0.15) is 75.1 Å². The zero-order valence-electron chi connectivity index (χ0n) is 20.8. The molecule has 1 saturated heterocycles. The zero-order chi connectivity index (χ0) is 24.0. The summed E-state index contributed by atoms with van der Waals surface area (Å²) in [6.45, 7) is 13.0. The van der Waals surface area contributed by atoms with E-state index in [1.165, 1.54) is 11.1 Å². The number of piperidine rings is 1. The Labute approximate surface area is 199 Å². The van der Waals surface area contributed by atoms with Gasteiger partial charge >= 0.3 is 0 Å². The first kappa shape index (κ1) is 25.1. The number of likely N-dealkylation sites (tertiary alicyclic amines) is 1. The minimum Gasteiger partial charge on any atom is -0.385 e. The van der Waals surface area contributed by atoms with Gasteiger partial charge in [-0.25, -0.2) is 0 Å². The molecule has 3 rings (SSSR count). The molecule has 2 aromatic rings. The predicted octanol–water partition coefficient (Wildman–Crippen LogP) is 6.30.